The summed E-state index contributed by atoms with van der Waals surface area (Å²) in [4.78, 5) is 4.66. The number of halogens is 2. The van der Waals surface area contributed by atoms with E-state index in [-0.39, 0.29) is 5.82 Å². The zero-order valence-corrected chi connectivity index (χ0v) is 14.7. The zero-order valence-electron chi connectivity index (χ0n) is 13.1. The third-order valence-electron chi connectivity index (χ3n) is 3.88. The van der Waals surface area contributed by atoms with E-state index in [1.54, 1.807) is 6.07 Å². The van der Waals surface area contributed by atoms with Crippen molar-refractivity contribution in [2.24, 2.45) is 10.1 Å². The largest absolute Gasteiger partial charge is 0.260 e. The van der Waals surface area contributed by atoms with E-state index in [0.29, 0.717) is 22.8 Å². The van der Waals surface area contributed by atoms with E-state index in [4.69, 9.17) is 0 Å². The molecule has 0 unspecified atom stereocenters. The molecule has 0 saturated heterocycles. The predicted octanol–water partition coefficient (Wildman–Crippen LogP) is 5.02. The van der Waals surface area contributed by atoms with Gasteiger partial charge in [-0.1, -0.05) is 58.4 Å². The molecule has 3 aromatic carbocycles. The number of aliphatic imine (C=N–C) groups is 1. The normalized spacial score (nSPS) is 13.2. The molecule has 1 heterocycles. The molecule has 0 aromatic heterocycles. The van der Waals surface area contributed by atoms with Crippen molar-refractivity contribution in [3.63, 3.8) is 0 Å². The van der Waals surface area contributed by atoms with E-state index in [9.17, 15) is 4.39 Å². The van der Waals surface area contributed by atoms with Crippen LogP contribution < -0.4 is 5.43 Å². The van der Waals surface area contributed by atoms with Gasteiger partial charge < -0.3 is 0 Å². The van der Waals surface area contributed by atoms with Gasteiger partial charge in [0.25, 0.3) is 0 Å². The van der Waals surface area contributed by atoms with E-state index >= 15 is 0 Å². The Morgan fingerprint density at radius 2 is 1.60 bits per heavy atom. The maximum atomic E-state index is 13.9. The molecule has 4 rings (SSSR count). The third kappa shape index (κ3) is 3.23. The average Bonchev–Trinajstić information content (AvgIpc) is 2.82. The molecule has 1 aliphatic heterocycles. The first kappa shape index (κ1) is 15.7. The van der Waals surface area contributed by atoms with Crippen LogP contribution in [0.15, 0.2) is 87.4 Å². The van der Waals surface area contributed by atoms with Gasteiger partial charge in [0.05, 0.1) is 5.69 Å². The van der Waals surface area contributed by atoms with Gasteiger partial charge in [-0.05, 0) is 30.3 Å². The molecule has 25 heavy (non-hydrogen) atoms. The summed E-state index contributed by atoms with van der Waals surface area (Å²) in [6.45, 7) is 0. The molecule has 5 heteroatoms. The van der Waals surface area contributed by atoms with Crippen LogP contribution in [-0.2, 0) is 0 Å². The lowest BCUT2D eigenvalue weighted by molar-refractivity contribution is 0.627. The van der Waals surface area contributed by atoms with Gasteiger partial charge in [0, 0.05) is 21.2 Å². The Morgan fingerprint density at radius 3 is 2.36 bits per heavy atom. The first-order valence-corrected chi connectivity index (χ1v) is 8.54. The number of benzene rings is 3. The smallest absolute Gasteiger partial charge is 0.154 e. The van der Waals surface area contributed by atoms with Gasteiger partial charge >= 0.3 is 0 Å². The fourth-order valence-electron chi connectivity index (χ4n) is 2.66. The first-order valence-electron chi connectivity index (χ1n) is 7.74. The minimum atomic E-state index is -0.315. The zero-order chi connectivity index (χ0) is 17.2. The molecule has 3 aromatic rings. The summed E-state index contributed by atoms with van der Waals surface area (Å²) in [5.41, 5.74) is 6.82. The summed E-state index contributed by atoms with van der Waals surface area (Å²) in [5, 5.41) is 4.51. The summed E-state index contributed by atoms with van der Waals surface area (Å²) in [7, 11) is 0. The molecule has 0 radical (unpaired) electrons. The van der Waals surface area contributed by atoms with Crippen LogP contribution in [0.4, 0.5) is 10.1 Å². The highest BCUT2D eigenvalue weighted by molar-refractivity contribution is 9.10. The molecule has 0 spiro atoms. The van der Waals surface area contributed by atoms with Crippen molar-refractivity contribution >= 4 is 33.2 Å². The minimum Gasteiger partial charge on any atom is -0.260 e. The second-order valence-corrected chi connectivity index (χ2v) is 6.48. The van der Waals surface area contributed by atoms with Crippen LogP contribution in [0, 0.1) is 5.82 Å². The van der Waals surface area contributed by atoms with Crippen molar-refractivity contribution in [1.29, 1.82) is 0 Å². The Kier molecular flexibility index (Phi) is 4.15. The molecular weight excluding hydrogens is 381 g/mol. The monoisotopic (exact) mass is 393 g/mol. The van der Waals surface area contributed by atoms with Crippen LogP contribution in [0.5, 0.6) is 0 Å². The van der Waals surface area contributed by atoms with Gasteiger partial charge in [-0.15, -0.1) is 0 Å². The lowest BCUT2D eigenvalue weighted by Gasteiger charge is -2.07. The fourth-order valence-corrected chi connectivity index (χ4v) is 2.93. The van der Waals surface area contributed by atoms with Crippen molar-refractivity contribution in [3.05, 3.63) is 99.8 Å². The number of amidine groups is 1. The SMILES string of the molecule is Fc1ccc2c(c1)C(c1ccccc1)=NNC(c1ccc(Br)cc1)=N2. The maximum absolute atomic E-state index is 13.9. The van der Waals surface area contributed by atoms with Crippen molar-refractivity contribution < 1.29 is 4.39 Å². The van der Waals surface area contributed by atoms with Gasteiger partial charge in [-0.3, -0.25) is 5.43 Å². The van der Waals surface area contributed by atoms with Crippen LogP contribution in [-0.4, -0.2) is 11.5 Å². The molecule has 0 saturated carbocycles. The fraction of sp³-hybridized carbons (Fsp3) is 0. The summed E-state index contributed by atoms with van der Waals surface area (Å²) >= 11 is 3.43. The number of nitrogens with one attached hydrogen (secondary N) is 1. The first-order chi connectivity index (χ1) is 12.2. The van der Waals surface area contributed by atoms with Crippen LogP contribution in [0.1, 0.15) is 16.7 Å². The summed E-state index contributed by atoms with van der Waals surface area (Å²) in [6, 6.07) is 22.0. The highest BCUT2D eigenvalue weighted by Crippen LogP contribution is 2.26. The number of hydrogen-bond acceptors (Lipinski definition) is 3. The number of hydrogen-bond donors (Lipinski definition) is 1. The molecule has 1 aliphatic rings. The molecule has 0 fully saturated rings. The average molecular weight is 394 g/mol. The van der Waals surface area contributed by atoms with E-state index in [1.165, 1.54) is 12.1 Å². The quantitative estimate of drug-likeness (QED) is 0.651. The number of rotatable bonds is 2. The summed E-state index contributed by atoms with van der Waals surface area (Å²) in [5.74, 6) is 0.302. The van der Waals surface area contributed by atoms with Gasteiger partial charge in [-0.25, -0.2) is 9.38 Å². The molecule has 0 aliphatic carbocycles. The molecule has 0 bridgehead atoms. The Bertz CT molecular complexity index is 980. The van der Waals surface area contributed by atoms with E-state index in [1.807, 2.05) is 54.6 Å². The van der Waals surface area contributed by atoms with Crippen molar-refractivity contribution in [3.8, 4) is 0 Å². The maximum Gasteiger partial charge on any atom is 0.154 e. The van der Waals surface area contributed by atoms with Gasteiger partial charge in [-0.2, -0.15) is 5.10 Å². The lowest BCUT2D eigenvalue weighted by Crippen LogP contribution is -2.19. The van der Waals surface area contributed by atoms with Crippen molar-refractivity contribution in [1.82, 2.24) is 5.43 Å². The van der Waals surface area contributed by atoms with Gasteiger partial charge in [0.1, 0.15) is 11.5 Å². The Morgan fingerprint density at radius 1 is 0.840 bits per heavy atom. The second kappa shape index (κ2) is 6.61. The van der Waals surface area contributed by atoms with Crippen molar-refractivity contribution in [2.45, 2.75) is 0 Å². The highest BCUT2D eigenvalue weighted by atomic mass is 79.9. The van der Waals surface area contributed by atoms with Crippen LogP contribution in [0.2, 0.25) is 0 Å². The number of hydrazone groups is 1. The van der Waals surface area contributed by atoms with Crippen molar-refractivity contribution in [2.75, 3.05) is 0 Å². The highest BCUT2D eigenvalue weighted by Gasteiger charge is 2.17. The van der Waals surface area contributed by atoms with Gasteiger partial charge in [0.15, 0.2) is 5.84 Å². The third-order valence-corrected chi connectivity index (χ3v) is 4.41. The molecule has 3 nitrogen and oxygen atoms in total. The Labute approximate surface area is 153 Å². The number of nitrogens with zero attached hydrogens (tertiary/aromatic N) is 2. The Balaban J connectivity index is 1.87. The van der Waals surface area contributed by atoms with Gasteiger partial charge in [0.2, 0.25) is 0 Å². The molecule has 0 amide bonds. The van der Waals surface area contributed by atoms with E-state index in [0.717, 1.165) is 15.6 Å². The summed E-state index contributed by atoms with van der Waals surface area (Å²) < 4.78 is 14.8. The molecule has 0 atom stereocenters. The van der Waals surface area contributed by atoms with Crippen LogP contribution in [0.25, 0.3) is 0 Å². The molecule has 1 N–H and O–H groups in total. The lowest BCUT2D eigenvalue weighted by atomic mass is 10.0. The topological polar surface area (TPSA) is 36.8 Å². The minimum absolute atomic E-state index is 0.315. The standard InChI is InChI=1S/C20H13BrFN3/c21-15-8-6-14(7-9-15)20-23-18-11-10-16(22)12-17(18)19(24-25-20)13-4-2-1-3-5-13/h1-12H,(H,23,25). The molecular formula is C20H13BrFN3. The Hall–Kier alpha value is -2.79. The molecule has 122 valence electrons. The van der Waals surface area contributed by atoms with E-state index < -0.39 is 0 Å². The van der Waals surface area contributed by atoms with Crippen LogP contribution >= 0.6 is 15.9 Å². The summed E-state index contributed by atoms with van der Waals surface area (Å²) in [6.07, 6.45) is 0. The second-order valence-electron chi connectivity index (χ2n) is 5.57. The number of fused-ring (bicyclic) bond motifs is 1. The van der Waals surface area contributed by atoms with E-state index in [2.05, 4.69) is 31.4 Å². The predicted molar refractivity (Wildman–Crippen MR) is 102 cm³/mol. The van der Waals surface area contributed by atoms with Crippen LogP contribution in [0.3, 0.4) is 0 Å².